The number of rotatable bonds is 6. The van der Waals surface area contributed by atoms with Gasteiger partial charge in [0.1, 0.15) is 11.9 Å². The van der Waals surface area contributed by atoms with E-state index in [0.717, 1.165) is 49.8 Å². The number of carbonyl (C=O) groups is 2. The second-order valence-corrected chi connectivity index (χ2v) is 8.89. The molecule has 3 aliphatic rings. The van der Waals surface area contributed by atoms with E-state index >= 15 is 0 Å². The lowest BCUT2D eigenvalue weighted by molar-refractivity contribution is -0.146. The van der Waals surface area contributed by atoms with Crippen molar-refractivity contribution in [1.82, 2.24) is 0 Å². The standard InChI is InChI=1S/C26H33NO5/c1-4-31-21-14-13-17(15-22(21)30-3)24-23(26(29)32-18-9-6-5-7-10-18)16(2)27-19-11-8-12-20(28)25(19)24/h13-15,18,24-25H,4-12H2,1-3H3/t24-,25?/m0/s1. The van der Waals surface area contributed by atoms with Crippen LogP contribution in [0.25, 0.3) is 0 Å². The molecule has 6 nitrogen and oxygen atoms in total. The van der Waals surface area contributed by atoms with Gasteiger partial charge in [-0.1, -0.05) is 12.5 Å². The maximum Gasteiger partial charge on any atom is 0.336 e. The molecule has 1 aromatic rings. The van der Waals surface area contributed by atoms with Gasteiger partial charge in [-0.2, -0.15) is 0 Å². The number of hydrogen-bond acceptors (Lipinski definition) is 6. The maximum absolute atomic E-state index is 13.4. The summed E-state index contributed by atoms with van der Waals surface area (Å²) in [5, 5.41) is 0. The van der Waals surface area contributed by atoms with Gasteiger partial charge >= 0.3 is 5.97 Å². The van der Waals surface area contributed by atoms with Crippen molar-refractivity contribution < 1.29 is 23.8 Å². The summed E-state index contributed by atoms with van der Waals surface area (Å²) in [6, 6.07) is 5.68. The predicted molar refractivity (Wildman–Crippen MR) is 122 cm³/mol. The molecule has 0 N–H and O–H groups in total. The average molecular weight is 440 g/mol. The molecule has 1 aliphatic heterocycles. The predicted octanol–water partition coefficient (Wildman–Crippen LogP) is 5.15. The molecule has 0 radical (unpaired) electrons. The monoisotopic (exact) mass is 439 g/mol. The lowest BCUT2D eigenvalue weighted by Gasteiger charge is -2.36. The molecule has 2 atom stereocenters. The van der Waals surface area contributed by atoms with Crippen LogP contribution in [0.5, 0.6) is 11.5 Å². The van der Waals surface area contributed by atoms with Crippen LogP contribution in [0, 0.1) is 5.92 Å². The number of benzene rings is 1. The number of nitrogens with zero attached hydrogens (tertiary/aromatic N) is 1. The number of hydrogen-bond donors (Lipinski definition) is 0. The molecule has 4 rings (SSSR count). The molecule has 1 unspecified atom stereocenters. The lowest BCUT2D eigenvalue weighted by Crippen LogP contribution is -2.39. The van der Waals surface area contributed by atoms with E-state index in [4.69, 9.17) is 19.2 Å². The van der Waals surface area contributed by atoms with Gasteiger partial charge < -0.3 is 14.2 Å². The Kier molecular flexibility index (Phi) is 6.97. The summed E-state index contributed by atoms with van der Waals surface area (Å²) >= 11 is 0. The van der Waals surface area contributed by atoms with Gasteiger partial charge in [0.25, 0.3) is 0 Å². The van der Waals surface area contributed by atoms with Crippen LogP contribution in [0.15, 0.2) is 34.5 Å². The lowest BCUT2D eigenvalue weighted by atomic mass is 9.69. The molecule has 2 fully saturated rings. The van der Waals surface area contributed by atoms with E-state index < -0.39 is 11.8 Å². The summed E-state index contributed by atoms with van der Waals surface area (Å²) < 4.78 is 17.2. The summed E-state index contributed by atoms with van der Waals surface area (Å²) in [6.45, 7) is 4.30. The molecule has 0 bridgehead atoms. The van der Waals surface area contributed by atoms with Crippen LogP contribution in [-0.2, 0) is 14.3 Å². The number of esters is 1. The Labute approximate surface area is 190 Å². The Morgan fingerprint density at radius 3 is 2.56 bits per heavy atom. The highest BCUT2D eigenvalue weighted by molar-refractivity contribution is 6.11. The van der Waals surface area contributed by atoms with Gasteiger partial charge in [0.15, 0.2) is 11.5 Å². The Morgan fingerprint density at radius 1 is 1.06 bits per heavy atom. The molecule has 0 saturated heterocycles. The molecular formula is C26H33NO5. The Bertz CT molecular complexity index is 942. The zero-order valence-corrected chi connectivity index (χ0v) is 19.3. The fourth-order valence-corrected chi connectivity index (χ4v) is 5.30. The van der Waals surface area contributed by atoms with E-state index in [1.165, 1.54) is 6.42 Å². The third kappa shape index (κ3) is 4.45. The maximum atomic E-state index is 13.4. The fourth-order valence-electron chi connectivity index (χ4n) is 5.30. The first-order chi connectivity index (χ1) is 15.5. The summed E-state index contributed by atoms with van der Waals surface area (Å²) in [7, 11) is 1.60. The molecule has 32 heavy (non-hydrogen) atoms. The summed E-state index contributed by atoms with van der Waals surface area (Å²) in [6.07, 6.45) is 7.20. The number of methoxy groups -OCH3 is 1. The molecular weight excluding hydrogens is 406 g/mol. The van der Waals surface area contributed by atoms with Crippen molar-refractivity contribution >= 4 is 17.5 Å². The van der Waals surface area contributed by atoms with E-state index in [9.17, 15) is 9.59 Å². The second kappa shape index (κ2) is 9.88. The topological polar surface area (TPSA) is 74.2 Å². The third-order valence-corrected chi connectivity index (χ3v) is 6.80. The number of aliphatic imine (C=N–C) groups is 1. The summed E-state index contributed by atoms with van der Waals surface area (Å²) in [4.78, 5) is 31.3. The van der Waals surface area contributed by atoms with Crippen molar-refractivity contribution in [2.45, 2.75) is 77.2 Å². The number of ketones is 1. The van der Waals surface area contributed by atoms with Crippen molar-refractivity contribution in [2.24, 2.45) is 10.9 Å². The number of carbonyl (C=O) groups excluding carboxylic acids is 2. The van der Waals surface area contributed by atoms with Crippen LogP contribution in [0.2, 0.25) is 0 Å². The van der Waals surface area contributed by atoms with Gasteiger partial charge in [-0.05, 0) is 70.1 Å². The van der Waals surface area contributed by atoms with E-state index in [-0.39, 0.29) is 17.9 Å². The highest BCUT2D eigenvalue weighted by Gasteiger charge is 2.44. The first kappa shape index (κ1) is 22.6. The van der Waals surface area contributed by atoms with Crippen molar-refractivity contribution in [3.05, 3.63) is 35.0 Å². The minimum absolute atomic E-state index is 0.0560. The second-order valence-electron chi connectivity index (χ2n) is 8.89. The molecule has 0 aromatic heterocycles. The van der Waals surface area contributed by atoms with Crippen LogP contribution in [0.1, 0.15) is 76.7 Å². The van der Waals surface area contributed by atoms with Crippen molar-refractivity contribution in [3.63, 3.8) is 0 Å². The molecule has 0 amide bonds. The third-order valence-electron chi connectivity index (χ3n) is 6.80. The van der Waals surface area contributed by atoms with E-state index in [0.29, 0.717) is 35.8 Å². The van der Waals surface area contributed by atoms with E-state index in [2.05, 4.69) is 0 Å². The first-order valence-electron chi connectivity index (χ1n) is 11.9. The van der Waals surface area contributed by atoms with Crippen LogP contribution in [0.3, 0.4) is 0 Å². The number of allylic oxidation sites excluding steroid dienone is 1. The largest absolute Gasteiger partial charge is 0.493 e. The van der Waals surface area contributed by atoms with Crippen LogP contribution in [0.4, 0.5) is 0 Å². The molecule has 1 heterocycles. The molecule has 2 aliphatic carbocycles. The van der Waals surface area contributed by atoms with Crippen LogP contribution in [-0.4, -0.2) is 37.3 Å². The smallest absolute Gasteiger partial charge is 0.336 e. The zero-order chi connectivity index (χ0) is 22.7. The van der Waals surface area contributed by atoms with Gasteiger partial charge in [-0.25, -0.2) is 4.79 Å². The number of fused-ring (bicyclic) bond motifs is 1. The average Bonchev–Trinajstić information content (AvgIpc) is 2.79. The minimum Gasteiger partial charge on any atom is -0.493 e. The van der Waals surface area contributed by atoms with Gasteiger partial charge in [-0.3, -0.25) is 9.79 Å². The SMILES string of the molecule is CCOc1ccc([C@H]2C(C(=O)OC3CCCCC3)=C(C)N=C3CCCC(=O)C32)cc1OC. The zero-order valence-electron chi connectivity index (χ0n) is 19.3. The molecule has 1 aromatic carbocycles. The molecule has 0 spiro atoms. The number of ether oxygens (including phenoxy) is 3. The summed E-state index contributed by atoms with van der Waals surface area (Å²) in [5.74, 6) is 0.191. The molecule has 172 valence electrons. The van der Waals surface area contributed by atoms with E-state index in [1.807, 2.05) is 32.0 Å². The Hall–Kier alpha value is -2.63. The van der Waals surface area contributed by atoms with E-state index in [1.54, 1.807) is 7.11 Å². The van der Waals surface area contributed by atoms with Gasteiger partial charge in [0.05, 0.1) is 25.2 Å². The molecule has 6 heteroatoms. The van der Waals surface area contributed by atoms with Crippen LogP contribution >= 0.6 is 0 Å². The van der Waals surface area contributed by atoms with Crippen LogP contribution < -0.4 is 9.47 Å². The minimum atomic E-state index is -0.427. The fraction of sp³-hybridized carbons (Fsp3) is 0.577. The Morgan fingerprint density at radius 2 is 1.84 bits per heavy atom. The van der Waals surface area contributed by atoms with Gasteiger partial charge in [0.2, 0.25) is 0 Å². The number of Topliss-reactive ketones (excluding diaryl/α,β-unsaturated/α-hetero) is 1. The highest BCUT2D eigenvalue weighted by Crippen LogP contribution is 2.45. The normalized spacial score (nSPS) is 24.0. The van der Waals surface area contributed by atoms with Crippen molar-refractivity contribution in [3.8, 4) is 11.5 Å². The quantitative estimate of drug-likeness (QED) is 0.573. The Balaban J connectivity index is 1.75. The van der Waals surface area contributed by atoms with Gasteiger partial charge in [-0.15, -0.1) is 0 Å². The van der Waals surface area contributed by atoms with Crippen molar-refractivity contribution in [1.29, 1.82) is 0 Å². The van der Waals surface area contributed by atoms with Crippen molar-refractivity contribution in [2.75, 3.05) is 13.7 Å². The first-order valence-corrected chi connectivity index (χ1v) is 11.9. The summed E-state index contributed by atoms with van der Waals surface area (Å²) in [5.41, 5.74) is 2.90. The van der Waals surface area contributed by atoms with Gasteiger partial charge in [0, 0.05) is 23.7 Å². The molecule has 2 saturated carbocycles. The highest BCUT2D eigenvalue weighted by atomic mass is 16.5.